The highest BCUT2D eigenvalue weighted by atomic mass is 19.4. The molecule has 1 fully saturated rings. The molecular formula is C10H17F3N2O. The molecule has 6 heteroatoms. The van der Waals surface area contributed by atoms with Gasteiger partial charge in [-0.15, -0.1) is 0 Å². The fraction of sp³-hybridized carbons (Fsp3) is 0.900. The van der Waals surface area contributed by atoms with Crippen LogP contribution in [-0.2, 0) is 4.79 Å². The van der Waals surface area contributed by atoms with E-state index in [0.29, 0.717) is 19.4 Å². The van der Waals surface area contributed by atoms with Crippen molar-refractivity contribution >= 4 is 5.91 Å². The van der Waals surface area contributed by atoms with Crippen LogP contribution in [0.3, 0.4) is 0 Å². The van der Waals surface area contributed by atoms with E-state index in [1.165, 1.54) is 16.8 Å². The van der Waals surface area contributed by atoms with Gasteiger partial charge in [0.2, 0.25) is 5.91 Å². The number of carbonyl (C=O) groups is 1. The molecule has 0 aromatic heterocycles. The van der Waals surface area contributed by atoms with Crippen molar-refractivity contribution in [2.45, 2.75) is 32.0 Å². The van der Waals surface area contributed by atoms with Crippen molar-refractivity contribution in [3.8, 4) is 0 Å². The summed E-state index contributed by atoms with van der Waals surface area (Å²) < 4.78 is 37.9. The fourth-order valence-electron chi connectivity index (χ4n) is 1.83. The van der Waals surface area contributed by atoms with Crippen molar-refractivity contribution < 1.29 is 18.0 Å². The van der Waals surface area contributed by atoms with Gasteiger partial charge in [0.25, 0.3) is 0 Å². The Kier molecular flexibility index (Phi) is 4.18. The maximum Gasteiger partial charge on any atom is 0.405 e. The maximum atomic E-state index is 12.6. The Morgan fingerprint density at radius 1 is 1.38 bits per heavy atom. The van der Waals surface area contributed by atoms with Crippen molar-refractivity contribution in [1.82, 2.24) is 9.80 Å². The zero-order chi connectivity index (χ0) is 12.3. The first-order valence-electron chi connectivity index (χ1n) is 5.41. The van der Waals surface area contributed by atoms with E-state index in [2.05, 4.69) is 0 Å². The first kappa shape index (κ1) is 13.3. The molecule has 1 atom stereocenters. The van der Waals surface area contributed by atoms with E-state index in [4.69, 9.17) is 0 Å². The van der Waals surface area contributed by atoms with Crippen molar-refractivity contribution in [3.63, 3.8) is 0 Å². The Morgan fingerprint density at radius 3 is 2.50 bits per heavy atom. The number of rotatable bonds is 2. The van der Waals surface area contributed by atoms with Gasteiger partial charge in [0, 0.05) is 26.1 Å². The lowest BCUT2D eigenvalue weighted by Gasteiger charge is -2.40. The summed E-state index contributed by atoms with van der Waals surface area (Å²) in [6.07, 6.45) is -3.27. The van der Waals surface area contributed by atoms with Gasteiger partial charge in [0.15, 0.2) is 0 Å². The van der Waals surface area contributed by atoms with Gasteiger partial charge in [-0.25, -0.2) is 0 Å². The first-order valence-corrected chi connectivity index (χ1v) is 5.41. The zero-order valence-electron chi connectivity index (χ0n) is 9.55. The molecule has 1 aliphatic heterocycles. The smallest absolute Gasteiger partial charge is 0.339 e. The van der Waals surface area contributed by atoms with Crippen molar-refractivity contribution in [3.05, 3.63) is 0 Å². The summed E-state index contributed by atoms with van der Waals surface area (Å²) in [6.45, 7) is 2.27. The molecule has 0 aliphatic carbocycles. The monoisotopic (exact) mass is 238 g/mol. The molecule has 0 radical (unpaired) electrons. The molecule has 94 valence electrons. The van der Waals surface area contributed by atoms with Gasteiger partial charge in [-0.2, -0.15) is 13.2 Å². The van der Waals surface area contributed by atoms with Gasteiger partial charge in [-0.1, -0.05) is 6.92 Å². The quantitative estimate of drug-likeness (QED) is 0.727. The second-order valence-corrected chi connectivity index (χ2v) is 4.13. The molecule has 0 saturated carbocycles. The molecule has 0 aromatic rings. The van der Waals surface area contributed by atoms with Gasteiger partial charge >= 0.3 is 6.18 Å². The molecule has 1 rings (SSSR count). The van der Waals surface area contributed by atoms with Crippen LogP contribution in [0.25, 0.3) is 0 Å². The summed E-state index contributed by atoms with van der Waals surface area (Å²) in [4.78, 5) is 14.1. The van der Waals surface area contributed by atoms with E-state index in [1.54, 1.807) is 0 Å². The van der Waals surface area contributed by atoms with E-state index in [1.807, 2.05) is 6.92 Å². The first-order chi connectivity index (χ1) is 7.36. The fourth-order valence-corrected chi connectivity index (χ4v) is 1.83. The molecule has 1 aliphatic rings. The molecule has 0 spiro atoms. The Bertz CT molecular complexity index is 255. The Labute approximate surface area is 93.2 Å². The van der Waals surface area contributed by atoms with E-state index in [9.17, 15) is 18.0 Å². The average molecular weight is 238 g/mol. The van der Waals surface area contributed by atoms with Crippen LogP contribution >= 0.6 is 0 Å². The van der Waals surface area contributed by atoms with Crippen molar-refractivity contribution in [1.29, 1.82) is 0 Å². The molecule has 3 nitrogen and oxygen atoms in total. The number of hydrogen-bond acceptors (Lipinski definition) is 2. The molecule has 1 saturated heterocycles. The van der Waals surface area contributed by atoms with Crippen LogP contribution in [0.5, 0.6) is 0 Å². The summed E-state index contributed by atoms with van der Waals surface area (Å²) >= 11 is 0. The summed E-state index contributed by atoms with van der Waals surface area (Å²) in [5.41, 5.74) is 0. The van der Waals surface area contributed by atoms with Crippen LogP contribution in [0.4, 0.5) is 13.2 Å². The molecule has 0 N–H and O–H groups in total. The largest absolute Gasteiger partial charge is 0.405 e. The summed E-state index contributed by atoms with van der Waals surface area (Å²) in [5, 5.41) is 0. The number of likely N-dealkylation sites (N-methyl/N-ethyl adjacent to an activating group) is 1. The normalized spacial score (nSPS) is 23.6. The highest BCUT2D eigenvalue weighted by molar-refractivity contribution is 5.76. The summed E-state index contributed by atoms with van der Waals surface area (Å²) in [6, 6.07) is -1.53. The van der Waals surface area contributed by atoms with Crippen LogP contribution in [0.2, 0.25) is 0 Å². The van der Waals surface area contributed by atoms with E-state index in [0.717, 1.165) is 0 Å². The molecule has 16 heavy (non-hydrogen) atoms. The van der Waals surface area contributed by atoms with Gasteiger partial charge in [0.05, 0.1) is 0 Å². The van der Waals surface area contributed by atoms with Gasteiger partial charge in [-0.05, 0) is 13.5 Å². The number of alkyl halides is 3. The summed E-state index contributed by atoms with van der Waals surface area (Å²) in [7, 11) is 1.44. The third-order valence-corrected chi connectivity index (χ3v) is 2.84. The van der Waals surface area contributed by atoms with Gasteiger partial charge < -0.3 is 4.90 Å². The highest BCUT2D eigenvalue weighted by Gasteiger charge is 2.45. The number of nitrogens with zero attached hydrogens (tertiary/aromatic N) is 2. The van der Waals surface area contributed by atoms with Crippen molar-refractivity contribution in [2.24, 2.45) is 0 Å². The van der Waals surface area contributed by atoms with Crippen LogP contribution in [0.15, 0.2) is 0 Å². The van der Waals surface area contributed by atoms with E-state index < -0.39 is 12.2 Å². The number of halogens is 3. The molecule has 0 aromatic carbocycles. The minimum atomic E-state index is -4.26. The topological polar surface area (TPSA) is 23.6 Å². The average Bonchev–Trinajstić information content (AvgIpc) is 2.16. The van der Waals surface area contributed by atoms with Crippen LogP contribution in [0.1, 0.15) is 19.8 Å². The third-order valence-electron chi connectivity index (χ3n) is 2.84. The SMILES string of the molecule is CCCC(=O)N1CCN(C)C(C(F)(F)F)C1. The molecule has 0 bridgehead atoms. The highest BCUT2D eigenvalue weighted by Crippen LogP contribution is 2.27. The zero-order valence-corrected chi connectivity index (χ0v) is 9.55. The maximum absolute atomic E-state index is 12.6. The third kappa shape index (κ3) is 3.10. The van der Waals surface area contributed by atoms with Crippen LogP contribution in [0, 0.1) is 0 Å². The van der Waals surface area contributed by atoms with Gasteiger partial charge in [-0.3, -0.25) is 9.69 Å². The lowest BCUT2D eigenvalue weighted by molar-refractivity contribution is -0.194. The second-order valence-electron chi connectivity index (χ2n) is 4.13. The minimum absolute atomic E-state index is 0.176. The molecule has 1 amide bonds. The Hall–Kier alpha value is -0.780. The second kappa shape index (κ2) is 5.03. The van der Waals surface area contributed by atoms with Gasteiger partial charge in [0.1, 0.15) is 6.04 Å². The van der Waals surface area contributed by atoms with Crippen molar-refractivity contribution in [2.75, 3.05) is 26.7 Å². The van der Waals surface area contributed by atoms with Crippen LogP contribution < -0.4 is 0 Å². The minimum Gasteiger partial charge on any atom is -0.339 e. The lowest BCUT2D eigenvalue weighted by atomic mass is 10.1. The molecule has 1 heterocycles. The van der Waals surface area contributed by atoms with E-state index in [-0.39, 0.29) is 19.0 Å². The summed E-state index contributed by atoms with van der Waals surface area (Å²) in [5.74, 6) is -0.176. The molecular weight excluding hydrogens is 221 g/mol. The number of hydrogen-bond donors (Lipinski definition) is 0. The predicted molar refractivity (Wildman–Crippen MR) is 54.0 cm³/mol. The lowest BCUT2D eigenvalue weighted by Crippen LogP contribution is -2.58. The van der Waals surface area contributed by atoms with Crippen LogP contribution in [-0.4, -0.2) is 54.6 Å². The predicted octanol–water partition coefficient (Wildman–Crippen LogP) is 1.49. The number of amides is 1. The number of piperazine rings is 1. The standard InChI is InChI=1S/C10H17F3N2O/c1-3-4-9(16)15-6-5-14(2)8(7-15)10(11,12)13/h8H,3-7H2,1-2H3. The number of carbonyl (C=O) groups excluding carboxylic acids is 1. The molecule has 1 unspecified atom stereocenters. The van der Waals surface area contributed by atoms with E-state index >= 15 is 0 Å². The Morgan fingerprint density at radius 2 is 2.00 bits per heavy atom. The Balaban J connectivity index is 2.64.